The normalized spacial score (nSPS) is 15.8. The zero-order valence-corrected chi connectivity index (χ0v) is 11.1. The molecule has 3 heteroatoms. The Morgan fingerprint density at radius 1 is 1.33 bits per heavy atom. The largest absolute Gasteiger partial charge is 0.381 e. The number of aryl methyl sites for hydroxylation is 1. The van der Waals surface area contributed by atoms with Gasteiger partial charge in [-0.25, -0.2) is 0 Å². The molecule has 1 aliphatic rings. The minimum absolute atomic E-state index is 0.220. The van der Waals surface area contributed by atoms with Crippen molar-refractivity contribution in [1.82, 2.24) is 4.90 Å². The van der Waals surface area contributed by atoms with E-state index in [4.69, 9.17) is 0 Å². The van der Waals surface area contributed by atoms with Gasteiger partial charge in [0.25, 0.3) is 5.91 Å². The molecule has 2 rings (SSSR count). The number of rotatable bonds is 2. The quantitative estimate of drug-likeness (QED) is 0.865. The lowest BCUT2D eigenvalue weighted by Crippen LogP contribution is -2.44. The van der Waals surface area contributed by atoms with E-state index < -0.39 is 5.60 Å². The van der Waals surface area contributed by atoms with Gasteiger partial charge in [-0.05, 0) is 37.5 Å². The number of amides is 1. The maximum absolute atomic E-state index is 12.0. The van der Waals surface area contributed by atoms with Crippen molar-refractivity contribution in [2.75, 3.05) is 13.1 Å². The average molecular weight is 245 g/mol. The van der Waals surface area contributed by atoms with E-state index in [0.29, 0.717) is 13.1 Å². The summed E-state index contributed by atoms with van der Waals surface area (Å²) in [5, 5.41) is 9.74. The molecule has 0 aliphatic carbocycles. The van der Waals surface area contributed by atoms with Crippen LogP contribution in [-0.4, -0.2) is 34.6 Å². The molecule has 0 bridgehead atoms. The zero-order valence-electron chi connectivity index (χ0n) is 11.1. The van der Waals surface area contributed by atoms with Crippen molar-refractivity contribution < 1.29 is 9.90 Å². The fraction of sp³-hybridized carbons (Fsp3) is 0.400. The molecule has 0 radical (unpaired) electrons. The first kappa shape index (κ1) is 12.8. The molecule has 96 valence electrons. The number of carbonyl (C=O) groups is 1. The van der Waals surface area contributed by atoms with E-state index in [2.05, 4.69) is 25.1 Å². The van der Waals surface area contributed by atoms with Crippen molar-refractivity contribution >= 4 is 11.5 Å². The smallest absolute Gasteiger partial charge is 0.254 e. The van der Waals surface area contributed by atoms with E-state index >= 15 is 0 Å². The summed E-state index contributed by atoms with van der Waals surface area (Å²) >= 11 is 0. The summed E-state index contributed by atoms with van der Waals surface area (Å²) in [7, 11) is 0. The summed E-state index contributed by atoms with van der Waals surface area (Å²) in [5.41, 5.74) is 2.25. The van der Waals surface area contributed by atoms with Gasteiger partial charge in [-0.2, -0.15) is 0 Å². The molecule has 0 fully saturated rings. The molecule has 1 aromatic rings. The van der Waals surface area contributed by atoms with Crippen LogP contribution in [0, 0.1) is 6.92 Å². The number of carbonyl (C=O) groups excluding carboxylic acids is 1. The molecule has 18 heavy (non-hydrogen) atoms. The second kappa shape index (κ2) is 4.58. The Labute approximate surface area is 108 Å². The number of aliphatic hydroxyl groups is 1. The van der Waals surface area contributed by atoms with E-state index in [1.165, 1.54) is 25.0 Å². The number of benzene rings is 1. The summed E-state index contributed by atoms with van der Waals surface area (Å²) in [4.78, 5) is 13.7. The highest BCUT2D eigenvalue weighted by Crippen LogP contribution is 2.25. The van der Waals surface area contributed by atoms with Crippen LogP contribution in [0.5, 0.6) is 0 Å². The predicted octanol–water partition coefficient (Wildman–Crippen LogP) is 1.99. The lowest BCUT2D eigenvalue weighted by atomic mass is 10.0. The Balaban J connectivity index is 2.14. The molecule has 0 saturated carbocycles. The minimum atomic E-state index is -1.30. The second-order valence-electron chi connectivity index (χ2n) is 5.29. The van der Waals surface area contributed by atoms with Gasteiger partial charge >= 0.3 is 0 Å². The van der Waals surface area contributed by atoms with Gasteiger partial charge in [0.2, 0.25) is 0 Å². The second-order valence-corrected chi connectivity index (χ2v) is 5.29. The van der Waals surface area contributed by atoms with E-state index in [-0.39, 0.29) is 5.91 Å². The summed E-state index contributed by atoms with van der Waals surface area (Å²) in [5.74, 6) is -0.220. The van der Waals surface area contributed by atoms with Gasteiger partial charge in [-0.15, -0.1) is 0 Å². The van der Waals surface area contributed by atoms with Crippen molar-refractivity contribution in [3.63, 3.8) is 0 Å². The van der Waals surface area contributed by atoms with Crippen LogP contribution in [0.25, 0.3) is 5.57 Å². The van der Waals surface area contributed by atoms with Crippen molar-refractivity contribution in [1.29, 1.82) is 0 Å². The Kier molecular flexibility index (Phi) is 3.26. The van der Waals surface area contributed by atoms with Crippen LogP contribution in [0.2, 0.25) is 0 Å². The third-order valence-electron chi connectivity index (χ3n) is 3.22. The molecular formula is C15H19NO2. The molecule has 0 aromatic heterocycles. The lowest BCUT2D eigenvalue weighted by Gasteiger charge is -2.24. The molecule has 0 spiro atoms. The van der Waals surface area contributed by atoms with E-state index in [1.807, 2.05) is 12.1 Å². The molecule has 1 aromatic carbocycles. The molecule has 1 aliphatic heterocycles. The van der Waals surface area contributed by atoms with Crippen LogP contribution in [0.3, 0.4) is 0 Å². The van der Waals surface area contributed by atoms with Crippen molar-refractivity contribution in [2.24, 2.45) is 0 Å². The monoisotopic (exact) mass is 245 g/mol. The SMILES string of the molecule is Cc1ccccc1C1=CCN(C(=O)C(C)(C)O)C1. The van der Waals surface area contributed by atoms with Crippen molar-refractivity contribution in [3.05, 3.63) is 41.5 Å². The zero-order chi connectivity index (χ0) is 13.3. The molecule has 0 saturated heterocycles. The predicted molar refractivity (Wildman–Crippen MR) is 72.0 cm³/mol. The van der Waals surface area contributed by atoms with Crippen LogP contribution in [0.15, 0.2) is 30.3 Å². The van der Waals surface area contributed by atoms with Crippen molar-refractivity contribution in [2.45, 2.75) is 26.4 Å². The first-order chi connectivity index (χ1) is 8.39. The Bertz CT molecular complexity index is 497. The van der Waals surface area contributed by atoms with Crippen LogP contribution >= 0.6 is 0 Å². The third-order valence-corrected chi connectivity index (χ3v) is 3.22. The highest BCUT2D eigenvalue weighted by molar-refractivity contribution is 5.87. The Hall–Kier alpha value is -1.61. The number of hydrogen-bond acceptors (Lipinski definition) is 2. The van der Waals surface area contributed by atoms with E-state index in [0.717, 1.165) is 5.57 Å². The lowest BCUT2D eigenvalue weighted by molar-refractivity contribution is -0.146. The summed E-state index contributed by atoms with van der Waals surface area (Å²) in [6.45, 7) is 6.28. The standard InChI is InChI=1S/C15H19NO2/c1-11-6-4-5-7-13(11)12-8-9-16(10-12)14(17)15(2,3)18/h4-8,18H,9-10H2,1-3H3. The number of hydrogen-bond donors (Lipinski definition) is 1. The maximum atomic E-state index is 12.0. The minimum Gasteiger partial charge on any atom is -0.381 e. The molecule has 1 amide bonds. The van der Waals surface area contributed by atoms with E-state index in [9.17, 15) is 9.90 Å². The molecular weight excluding hydrogens is 226 g/mol. The van der Waals surface area contributed by atoms with Gasteiger partial charge in [0.15, 0.2) is 0 Å². The summed E-state index contributed by atoms with van der Waals surface area (Å²) in [6.07, 6.45) is 2.06. The van der Waals surface area contributed by atoms with Gasteiger partial charge in [0.1, 0.15) is 5.60 Å². The van der Waals surface area contributed by atoms with Crippen molar-refractivity contribution in [3.8, 4) is 0 Å². The van der Waals surface area contributed by atoms with Crippen LogP contribution in [0.1, 0.15) is 25.0 Å². The Morgan fingerprint density at radius 2 is 2.00 bits per heavy atom. The van der Waals surface area contributed by atoms with Crippen LogP contribution in [-0.2, 0) is 4.79 Å². The highest BCUT2D eigenvalue weighted by Gasteiger charge is 2.31. The van der Waals surface area contributed by atoms with Gasteiger partial charge < -0.3 is 10.0 Å². The first-order valence-electron chi connectivity index (χ1n) is 6.16. The molecule has 1 heterocycles. The molecule has 0 unspecified atom stereocenters. The van der Waals surface area contributed by atoms with Gasteiger partial charge in [0.05, 0.1) is 0 Å². The highest BCUT2D eigenvalue weighted by atomic mass is 16.3. The van der Waals surface area contributed by atoms with Crippen LogP contribution < -0.4 is 0 Å². The van der Waals surface area contributed by atoms with Gasteiger partial charge in [0, 0.05) is 13.1 Å². The molecule has 0 atom stereocenters. The van der Waals surface area contributed by atoms with Gasteiger partial charge in [-0.1, -0.05) is 30.3 Å². The third kappa shape index (κ3) is 2.46. The van der Waals surface area contributed by atoms with E-state index in [1.54, 1.807) is 4.90 Å². The maximum Gasteiger partial charge on any atom is 0.254 e. The summed E-state index contributed by atoms with van der Waals surface area (Å²) < 4.78 is 0. The first-order valence-corrected chi connectivity index (χ1v) is 6.16. The fourth-order valence-electron chi connectivity index (χ4n) is 2.23. The molecule has 3 nitrogen and oxygen atoms in total. The Morgan fingerprint density at radius 3 is 2.61 bits per heavy atom. The molecule has 1 N–H and O–H groups in total. The topological polar surface area (TPSA) is 40.5 Å². The average Bonchev–Trinajstić information content (AvgIpc) is 2.76. The van der Waals surface area contributed by atoms with Gasteiger partial charge in [-0.3, -0.25) is 4.79 Å². The van der Waals surface area contributed by atoms with Crippen LogP contribution in [0.4, 0.5) is 0 Å². The summed E-state index contributed by atoms with van der Waals surface area (Å²) in [6, 6.07) is 8.15. The number of nitrogens with zero attached hydrogens (tertiary/aromatic N) is 1. The fourth-order valence-corrected chi connectivity index (χ4v) is 2.23.